The molecule has 0 bridgehead atoms. The first-order chi connectivity index (χ1) is 11.5. The minimum atomic E-state index is -1.17. The fourth-order valence-corrected chi connectivity index (χ4v) is 3.01. The van der Waals surface area contributed by atoms with Crippen LogP contribution in [0, 0.1) is 0 Å². The van der Waals surface area contributed by atoms with Crippen LogP contribution in [0.5, 0.6) is 5.75 Å². The Labute approximate surface area is 143 Å². The second kappa shape index (κ2) is 6.37. The largest absolute Gasteiger partial charge is 0.497 e. The summed E-state index contributed by atoms with van der Waals surface area (Å²) in [4.78, 5) is 25.2. The van der Waals surface area contributed by atoms with Crippen molar-refractivity contribution in [2.75, 3.05) is 12.0 Å². The number of carboxylic acid groups (broad SMARTS) is 1. The van der Waals surface area contributed by atoms with Crippen LogP contribution in [0.4, 0.5) is 5.69 Å². The van der Waals surface area contributed by atoms with Gasteiger partial charge in [0, 0.05) is 11.6 Å². The van der Waals surface area contributed by atoms with Crippen molar-refractivity contribution in [1.82, 2.24) is 0 Å². The van der Waals surface area contributed by atoms with Gasteiger partial charge in [-0.05, 0) is 23.8 Å². The summed E-state index contributed by atoms with van der Waals surface area (Å²) in [5.74, 6) is -0.879. The van der Waals surface area contributed by atoms with Crippen molar-refractivity contribution in [3.8, 4) is 5.75 Å². The molecule has 1 N–H and O–H groups in total. The molecule has 1 heterocycles. The summed E-state index contributed by atoms with van der Waals surface area (Å²) in [5.41, 5.74) is 2.03. The molecular formula is C18H14ClNO4. The highest BCUT2D eigenvalue weighted by Gasteiger charge is 2.34. The molecule has 1 aliphatic heterocycles. The number of carbonyl (C=O) groups excluding carboxylic acids is 1. The van der Waals surface area contributed by atoms with E-state index in [0.29, 0.717) is 22.0 Å². The fraction of sp³-hybridized carbons (Fsp3) is 0.111. The Morgan fingerprint density at radius 2 is 2.04 bits per heavy atom. The molecule has 24 heavy (non-hydrogen) atoms. The molecule has 0 unspecified atom stereocenters. The molecule has 122 valence electrons. The van der Waals surface area contributed by atoms with Gasteiger partial charge in [-0.1, -0.05) is 35.9 Å². The number of amides is 1. The summed E-state index contributed by atoms with van der Waals surface area (Å²) in [6.07, 6.45) is 0.920. The average molecular weight is 344 g/mol. The highest BCUT2D eigenvalue weighted by molar-refractivity contribution is 6.41. The number of fused-ring (bicyclic) bond motifs is 1. The smallest absolute Gasteiger partial charge is 0.329 e. The van der Waals surface area contributed by atoms with Gasteiger partial charge < -0.3 is 14.7 Å². The van der Waals surface area contributed by atoms with E-state index in [1.165, 1.54) is 4.90 Å². The molecule has 6 heteroatoms. The number of para-hydroxylation sites is 1. The molecule has 0 aromatic heterocycles. The Hall–Kier alpha value is -2.79. The van der Waals surface area contributed by atoms with Gasteiger partial charge in [0.2, 0.25) is 0 Å². The molecule has 0 spiro atoms. The lowest BCUT2D eigenvalue weighted by molar-refractivity contribution is -0.131. The lowest BCUT2D eigenvalue weighted by atomic mass is 10.1. The normalized spacial score (nSPS) is 14.8. The quantitative estimate of drug-likeness (QED) is 0.864. The molecule has 0 radical (unpaired) electrons. The third-order valence-electron chi connectivity index (χ3n) is 3.77. The van der Waals surface area contributed by atoms with Crippen molar-refractivity contribution in [1.29, 1.82) is 0 Å². The molecule has 5 nitrogen and oxygen atoms in total. The van der Waals surface area contributed by atoms with E-state index in [1.54, 1.807) is 25.3 Å². The summed E-state index contributed by atoms with van der Waals surface area (Å²) in [7, 11) is 1.57. The van der Waals surface area contributed by atoms with Crippen LogP contribution in [0.15, 0.2) is 48.5 Å². The number of methoxy groups -OCH3 is 1. The average Bonchev–Trinajstić information content (AvgIpc) is 2.81. The number of benzene rings is 2. The van der Waals surface area contributed by atoms with Crippen LogP contribution in [-0.4, -0.2) is 24.1 Å². The van der Waals surface area contributed by atoms with Crippen LogP contribution < -0.4 is 9.64 Å². The van der Waals surface area contributed by atoms with Gasteiger partial charge in [0.1, 0.15) is 5.75 Å². The van der Waals surface area contributed by atoms with Crippen LogP contribution in [0.1, 0.15) is 11.1 Å². The Balaban J connectivity index is 2.05. The third kappa shape index (κ3) is 2.86. The van der Waals surface area contributed by atoms with E-state index < -0.39 is 5.97 Å². The van der Waals surface area contributed by atoms with E-state index in [1.807, 2.05) is 24.3 Å². The fourth-order valence-electron chi connectivity index (χ4n) is 2.74. The number of ether oxygens (including phenoxy) is 1. The minimum absolute atomic E-state index is 0.128. The molecule has 1 amide bonds. The Morgan fingerprint density at radius 3 is 2.75 bits per heavy atom. The second-order valence-corrected chi connectivity index (χ2v) is 5.68. The molecular weight excluding hydrogens is 330 g/mol. The predicted octanol–water partition coefficient (Wildman–Crippen LogP) is 3.36. The zero-order valence-corrected chi connectivity index (χ0v) is 13.6. The highest BCUT2D eigenvalue weighted by atomic mass is 35.5. The topological polar surface area (TPSA) is 66.8 Å². The lowest BCUT2D eigenvalue weighted by Gasteiger charge is -2.18. The predicted molar refractivity (Wildman–Crippen MR) is 91.2 cm³/mol. The first-order valence-corrected chi connectivity index (χ1v) is 7.57. The molecule has 0 fully saturated rings. The summed E-state index contributed by atoms with van der Waals surface area (Å²) < 4.78 is 5.19. The van der Waals surface area contributed by atoms with E-state index in [2.05, 4.69) is 0 Å². The van der Waals surface area contributed by atoms with Gasteiger partial charge in [0.05, 0.1) is 29.9 Å². The number of halogens is 1. The zero-order chi connectivity index (χ0) is 17.3. The maximum atomic E-state index is 12.7. The number of hydrogen-bond acceptors (Lipinski definition) is 3. The van der Waals surface area contributed by atoms with Crippen molar-refractivity contribution in [2.45, 2.75) is 6.54 Å². The molecule has 3 rings (SSSR count). The summed E-state index contributed by atoms with van der Waals surface area (Å²) in [5, 5.41) is 9.43. The standard InChI is InChI=1S/C18H14ClNO4/c1-24-12-5-2-4-11(8-12)10-20-17-13(6-3-7-15(17)19)14(18(20)23)9-16(21)22/h2-9H,10H2,1H3,(H,21,22)/b14-9+. The van der Waals surface area contributed by atoms with Crippen LogP contribution >= 0.6 is 11.6 Å². The summed E-state index contributed by atoms with van der Waals surface area (Å²) in [6, 6.07) is 12.4. The zero-order valence-electron chi connectivity index (χ0n) is 12.8. The SMILES string of the molecule is COc1cccc(CN2C(=O)/C(=C/C(=O)O)c3cccc(Cl)c32)c1. The maximum absolute atomic E-state index is 12.7. The van der Waals surface area contributed by atoms with E-state index in [0.717, 1.165) is 11.6 Å². The minimum Gasteiger partial charge on any atom is -0.497 e. The number of nitrogens with zero attached hydrogens (tertiary/aromatic N) is 1. The van der Waals surface area contributed by atoms with E-state index in [9.17, 15) is 9.59 Å². The Bertz CT molecular complexity index is 860. The molecule has 0 atom stereocenters. The maximum Gasteiger partial charge on any atom is 0.329 e. The van der Waals surface area contributed by atoms with Crippen LogP contribution in [0.2, 0.25) is 5.02 Å². The number of aliphatic carboxylic acids is 1. The lowest BCUT2D eigenvalue weighted by Crippen LogP contribution is -2.26. The van der Waals surface area contributed by atoms with Gasteiger partial charge in [-0.2, -0.15) is 0 Å². The number of anilines is 1. The molecule has 0 saturated carbocycles. The van der Waals surface area contributed by atoms with Gasteiger partial charge >= 0.3 is 5.97 Å². The van der Waals surface area contributed by atoms with Crippen molar-refractivity contribution in [2.24, 2.45) is 0 Å². The van der Waals surface area contributed by atoms with Gasteiger partial charge in [-0.15, -0.1) is 0 Å². The third-order valence-corrected chi connectivity index (χ3v) is 4.07. The van der Waals surface area contributed by atoms with Crippen molar-refractivity contribution in [3.05, 3.63) is 64.7 Å². The number of hydrogen-bond donors (Lipinski definition) is 1. The molecule has 0 aliphatic carbocycles. The van der Waals surface area contributed by atoms with Gasteiger partial charge in [-0.3, -0.25) is 4.79 Å². The van der Waals surface area contributed by atoms with Crippen LogP contribution in [-0.2, 0) is 16.1 Å². The van der Waals surface area contributed by atoms with Gasteiger partial charge in [0.25, 0.3) is 5.91 Å². The van der Waals surface area contributed by atoms with Crippen molar-refractivity contribution >= 4 is 34.7 Å². The summed E-state index contributed by atoms with van der Waals surface area (Å²) in [6.45, 7) is 0.268. The van der Waals surface area contributed by atoms with Crippen molar-refractivity contribution in [3.63, 3.8) is 0 Å². The van der Waals surface area contributed by atoms with E-state index in [4.69, 9.17) is 21.4 Å². The molecule has 0 saturated heterocycles. The number of rotatable bonds is 4. The Morgan fingerprint density at radius 1 is 1.29 bits per heavy atom. The first-order valence-electron chi connectivity index (χ1n) is 7.19. The van der Waals surface area contributed by atoms with E-state index >= 15 is 0 Å². The number of carbonyl (C=O) groups is 2. The monoisotopic (exact) mass is 343 g/mol. The van der Waals surface area contributed by atoms with Crippen LogP contribution in [0.25, 0.3) is 5.57 Å². The van der Waals surface area contributed by atoms with Gasteiger partial charge in [-0.25, -0.2) is 4.79 Å². The van der Waals surface area contributed by atoms with Crippen LogP contribution in [0.3, 0.4) is 0 Å². The molecule has 2 aromatic rings. The number of carboxylic acids is 1. The second-order valence-electron chi connectivity index (χ2n) is 5.28. The van der Waals surface area contributed by atoms with E-state index in [-0.39, 0.29) is 18.0 Å². The van der Waals surface area contributed by atoms with Crippen molar-refractivity contribution < 1.29 is 19.4 Å². The first kappa shape index (κ1) is 16.1. The molecule has 2 aromatic carbocycles. The Kier molecular flexibility index (Phi) is 4.27. The summed E-state index contributed by atoms with van der Waals surface area (Å²) >= 11 is 6.26. The van der Waals surface area contributed by atoms with Gasteiger partial charge in [0.15, 0.2) is 0 Å². The molecule has 1 aliphatic rings. The highest BCUT2D eigenvalue weighted by Crippen LogP contribution is 2.42.